The van der Waals surface area contributed by atoms with Gasteiger partial charge >= 0.3 is 0 Å². The van der Waals surface area contributed by atoms with E-state index in [1.165, 1.54) is 20.7 Å². The molecule has 0 spiro atoms. The van der Waals surface area contributed by atoms with Crippen LogP contribution >= 0.6 is 0 Å². The van der Waals surface area contributed by atoms with Gasteiger partial charge in [0, 0.05) is 0 Å². The van der Waals surface area contributed by atoms with Crippen molar-refractivity contribution in [3.8, 4) is 0 Å². The molecule has 0 aliphatic carbocycles. The lowest BCUT2D eigenvalue weighted by molar-refractivity contribution is 0.242. The molecule has 0 heterocycles. The van der Waals surface area contributed by atoms with Crippen LogP contribution in [0.4, 0.5) is 0 Å². The van der Waals surface area contributed by atoms with Gasteiger partial charge in [-0.2, -0.15) is 0 Å². The molecule has 3 nitrogen and oxygen atoms in total. The van der Waals surface area contributed by atoms with E-state index in [4.69, 9.17) is 13.0 Å². The van der Waals surface area contributed by atoms with Crippen molar-refractivity contribution in [1.29, 1.82) is 0 Å². The zero-order valence-corrected chi connectivity index (χ0v) is 43.7. The molecule has 0 amide bonds. The number of benzene rings is 4. The fraction of sp³-hybridized carbons (Fsp3) is 0.462. The molecule has 2 unspecified atom stereocenters. The lowest BCUT2D eigenvalue weighted by atomic mass is 10.1. The van der Waals surface area contributed by atoms with Crippen molar-refractivity contribution < 1.29 is 13.0 Å². The summed E-state index contributed by atoms with van der Waals surface area (Å²) < 4.78 is 22.5. The molecule has 0 aliphatic rings. The van der Waals surface area contributed by atoms with Crippen LogP contribution in [0.2, 0.25) is 46.3 Å². The van der Waals surface area contributed by atoms with Gasteiger partial charge in [0.25, 0.3) is 16.6 Å². The highest BCUT2D eigenvalue weighted by Gasteiger charge is 2.62. The highest BCUT2D eigenvalue weighted by atomic mass is 28.4. The van der Waals surface area contributed by atoms with Crippen molar-refractivity contribution >= 4 is 54.0 Å². The fourth-order valence-electron chi connectivity index (χ4n) is 8.09. The van der Waals surface area contributed by atoms with E-state index in [1.54, 1.807) is 0 Å². The first-order valence-electron chi connectivity index (χ1n) is 21.9. The van der Waals surface area contributed by atoms with Gasteiger partial charge in [0.1, 0.15) is 0 Å². The summed E-state index contributed by atoms with van der Waals surface area (Å²) in [7, 11) is -10.3. The Kier molecular flexibility index (Phi) is 15.7. The number of hydrogen-bond acceptors (Lipinski definition) is 3. The Morgan fingerprint density at radius 2 is 0.661 bits per heavy atom. The maximum Gasteiger partial charge on any atom is 0.251 e. The van der Waals surface area contributed by atoms with Gasteiger partial charge in [-0.1, -0.05) is 215 Å². The molecular weight excluding hydrogens is 785 g/mol. The summed E-state index contributed by atoms with van der Waals surface area (Å²) in [6.07, 6.45) is 11.1. The van der Waals surface area contributed by atoms with E-state index in [1.807, 2.05) is 0 Å². The third-order valence-corrected chi connectivity index (χ3v) is 34.0. The first kappa shape index (κ1) is 48.8. The molecule has 0 aliphatic heterocycles. The van der Waals surface area contributed by atoms with E-state index in [9.17, 15) is 0 Å². The molecule has 0 aromatic heterocycles. The third kappa shape index (κ3) is 11.0. The molecule has 0 fully saturated rings. The lowest BCUT2D eigenvalue weighted by Crippen LogP contribution is -2.78. The summed E-state index contributed by atoms with van der Waals surface area (Å²) in [5.41, 5.74) is 0. The van der Waals surface area contributed by atoms with Crippen molar-refractivity contribution in [2.45, 2.75) is 154 Å². The average Bonchev–Trinajstić information content (AvgIpc) is 3.15. The molecule has 0 saturated carbocycles. The smallest absolute Gasteiger partial charge is 0.251 e. The molecule has 0 N–H and O–H groups in total. The first-order chi connectivity index (χ1) is 27.3. The Labute approximate surface area is 365 Å². The highest BCUT2D eigenvalue weighted by molar-refractivity contribution is 7.11. The monoisotopic (exact) mass is 863 g/mol. The number of rotatable bonds is 18. The van der Waals surface area contributed by atoms with Gasteiger partial charge in [-0.3, -0.25) is 0 Å². The van der Waals surface area contributed by atoms with Gasteiger partial charge in [-0.15, -0.1) is 0 Å². The molecular formula is C52H78O3Si4. The van der Waals surface area contributed by atoms with Gasteiger partial charge in [0.2, 0.25) is 0 Å². The minimum absolute atomic E-state index is 0.0213. The van der Waals surface area contributed by atoms with Crippen LogP contribution in [0.15, 0.2) is 146 Å². The molecule has 4 rings (SSSR count). The highest BCUT2D eigenvalue weighted by Crippen LogP contribution is 2.49. The van der Waals surface area contributed by atoms with Gasteiger partial charge in [-0.05, 0) is 93.8 Å². The summed E-state index contributed by atoms with van der Waals surface area (Å²) in [4.78, 5) is 0. The average molecular weight is 864 g/mol. The van der Waals surface area contributed by atoms with Gasteiger partial charge < -0.3 is 13.0 Å². The van der Waals surface area contributed by atoms with Crippen LogP contribution in [0.25, 0.3) is 0 Å². The molecule has 0 radical (unpaired) electrons. The zero-order chi connectivity index (χ0) is 44.0. The minimum Gasteiger partial charge on any atom is -0.441 e. The van der Waals surface area contributed by atoms with Crippen molar-refractivity contribution in [2.75, 3.05) is 0 Å². The van der Waals surface area contributed by atoms with Crippen LogP contribution < -0.4 is 20.7 Å². The Hall–Kier alpha value is -2.89. The predicted molar refractivity (Wildman–Crippen MR) is 268 cm³/mol. The van der Waals surface area contributed by atoms with E-state index in [0.29, 0.717) is 0 Å². The van der Waals surface area contributed by atoms with Crippen LogP contribution in [0.3, 0.4) is 0 Å². The maximum atomic E-state index is 8.83. The second-order valence-electron chi connectivity index (χ2n) is 21.1. The van der Waals surface area contributed by atoms with Crippen LogP contribution in [-0.2, 0) is 13.0 Å². The SMILES string of the molecule is CC(C=CCC(C)(C)[Si](O[Si](c1ccccc1)(c1ccccc1)C(C)(C)CC=CC(C)O[Si](C)(C)C(C)(C)C)(c1ccccc1)c1ccccc1)O[Si](C)(C)C(C)(C)C. The molecule has 0 bridgehead atoms. The Balaban J connectivity index is 2.00. The quantitative estimate of drug-likeness (QED) is 0.0737. The van der Waals surface area contributed by atoms with Crippen molar-refractivity contribution in [1.82, 2.24) is 0 Å². The zero-order valence-electron chi connectivity index (χ0n) is 39.7. The van der Waals surface area contributed by atoms with Crippen LogP contribution in [0.5, 0.6) is 0 Å². The number of hydrogen-bond donors (Lipinski definition) is 0. The summed E-state index contributed by atoms with van der Waals surface area (Å²) in [6.45, 7) is 37.5. The van der Waals surface area contributed by atoms with E-state index in [0.717, 1.165) is 12.8 Å². The van der Waals surface area contributed by atoms with Crippen LogP contribution in [-0.4, -0.2) is 45.5 Å². The first-order valence-corrected chi connectivity index (χ1v) is 31.6. The van der Waals surface area contributed by atoms with Gasteiger partial charge in [0.15, 0.2) is 16.6 Å². The Morgan fingerprint density at radius 1 is 0.424 bits per heavy atom. The molecule has 0 saturated heterocycles. The second-order valence-corrected chi connectivity index (χ2v) is 39.2. The summed E-state index contributed by atoms with van der Waals surface area (Å²) in [5, 5.41) is 4.88. The molecule has 2 atom stereocenters. The third-order valence-electron chi connectivity index (χ3n) is 13.6. The van der Waals surface area contributed by atoms with Crippen molar-refractivity contribution in [3.05, 3.63) is 146 Å². The van der Waals surface area contributed by atoms with Crippen LogP contribution in [0, 0.1) is 0 Å². The summed E-state index contributed by atoms with van der Waals surface area (Å²) in [6, 6.07) is 44.9. The standard InChI is InChI=1S/C52H78O3Si4/c1-43(53-56(13,14)49(3,4)5)31-29-41-51(9,10)58(45-33-21-17-22-34-45,46-35-23-18-24-36-46)55-59(47-37-25-19-26-38-47,48-39-27-20-28-40-48)52(11,12)42-30-32-44(2)54-57(15,16)50(6,7)8/h17-40,43-44H,41-42H2,1-16H3. The molecule has 7 heteroatoms. The van der Waals surface area contributed by atoms with Gasteiger partial charge in [0.05, 0.1) is 12.2 Å². The largest absolute Gasteiger partial charge is 0.441 e. The maximum absolute atomic E-state index is 8.83. The normalized spacial score (nSPS) is 15.2. The van der Waals surface area contributed by atoms with Gasteiger partial charge in [-0.25, -0.2) is 0 Å². The van der Waals surface area contributed by atoms with E-state index in [-0.39, 0.29) is 32.4 Å². The molecule has 320 valence electrons. The Morgan fingerprint density at radius 3 is 0.881 bits per heavy atom. The minimum atomic E-state index is -3.21. The van der Waals surface area contributed by atoms with E-state index < -0.39 is 33.3 Å². The summed E-state index contributed by atoms with van der Waals surface area (Å²) >= 11 is 0. The van der Waals surface area contributed by atoms with E-state index >= 15 is 0 Å². The topological polar surface area (TPSA) is 27.7 Å². The Bertz CT molecular complexity index is 1720. The predicted octanol–water partition coefficient (Wildman–Crippen LogP) is 12.8. The van der Waals surface area contributed by atoms with Crippen molar-refractivity contribution in [3.63, 3.8) is 0 Å². The summed E-state index contributed by atoms with van der Waals surface area (Å²) in [5.74, 6) is 0. The van der Waals surface area contributed by atoms with Crippen LogP contribution in [0.1, 0.15) is 95.9 Å². The lowest BCUT2D eigenvalue weighted by Gasteiger charge is -2.55. The fourth-order valence-corrected chi connectivity index (χ4v) is 24.0. The molecule has 4 aromatic rings. The molecule has 59 heavy (non-hydrogen) atoms. The van der Waals surface area contributed by atoms with E-state index in [2.05, 4.69) is 255 Å². The van der Waals surface area contributed by atoms with Crippen molar-refractivity contribution in [2.24, 2.45) is 0 Å². The second kappa shape index (κ2) is 19.0. The molecule has 4 aromatic carbocycles. The number of allylic oxidation sites excluding steroid dienone is 2.